The van der Waals surface area contributed by atoms with E-state index in [1.807, 2.05) is 20.9 Å². The first-order valence-corrected chi connectivity index (χ1v) is 33.9. The number of allylic oxidation sites excluding steroid dienone is 1. The summed E-state index contributed by atoms with van der Waals surface area (Å²) < 4.78 is 14.4. The predicted octanol–water partition coefficient (Wildman–Crippen LogP) is 12.9. The van der Waals surface area contributed by atoms with Crippen molar-refractivity contribution in [2.24, 2.45) is 56.2 Å². The number of rotatable bonds is 15. The van der Waals surface area contributed by atoms with Crippen molar-refractivity contribution in [3.8, 4) is 0 Å². The molecule has 0 amide bonds. The minimum atomic E-state index is -1.06. The monoisotopic (exact) mass is 1160 g/mol. The highest BCUT2D eigenvalue weighted by molar-refractivity contribution is 6.04. The van der Waals surface area contributed by atoms with Crippen molar-refractivity contribution >= 4 is 28.9 Å². The summed E-state index contributed by atoms with van der Waals surface area (Å²) in [6.45, 7) is 20.5. The van der Waals surface area contributed by atoms with E-state index in [0.717, 1.165) is 134 Å². The molecule has 16 unspecified atom stereocenters. The Morgan fingerprint density at radius 1 is 0.918 bits per heavy atom. The molecule has 7 aliphatic carbocycles. The molecule has 2 bridgehead atoms. The lowest BCUT2D eigenvalue weighted by Gasteiger charge is -2.76. The summed E-state index contributed by atoms with van der Waals surface area (Å²) >= 11 is 0. The molecule has 7 fully saturated rings. The van der Waals surface area contributed by atoms with E-state index in [9.17, 15) is 20.1 Å². The van der Waals surface area contributed by atoms with Crippen LogP contribution in [0.25, 0.3) is 11.0 Å². The van der Waals surface area contributed by atoms with Gasteiger partial charge in [0.1, 0.15) is 18.2 Å². The molecule has 10 aliphatic rings. The highest BCUT2D eigenvalue weighted by Gasteiger charge is 2.81. The molecule has 1 spiro atoms. The number of Topliss-reactive ketones (excluding diaryl/α,β-unsaturated/α-hetero) is 2. The van der Waals surface area contributed by atoms with Crippen LogP contribution in [0.15, 0.2) is 54.0 Å². The lowest BCUT2D eigenvalue weighted by molar-refractivity contribution is -0.271. The molecule has 2 saturated heterocycles. The molecule has 0 radical (unpaired) electrons. The van der Waals surface area contributed by atoms with Crippen LogP contribution in [0.3, 0.4) is 0 Å². The number of aliphatic hydroxyl groups excluding tert-OH is 2. The zero-order valence-corrected chi connectivity index (χ0v) is 52.8. The Bertz CT molecular complexity index is 3330. The van der Waals surface area contributed by atoms with Crippen LogP contribution in [0.2, 0.25) is 0 Å². The van der Waals surface area contributed by atoms with Gasteiger partial charge in [0.25, 0.3) is 0 Å². The first kappa shape index (κ1) is 58.5. The summed E-state index contributed by atoms with van der Waals surface area (Å²) in [6.07, 6.45) is 22.7. The maximum absolute atomic E-state index is 16.9. The number of nitrogens with one attached hydrogen (secondary N) is 3. The molecule has 85 heavy (non-hydrogen) atoms. The molecule has 5 saturated carbocycles. The van der Waals surface area contributed by atoms with Crippen molar-refractivity contribution in [3.05, 3.63) is 93.1 Å². The number of carbonyl (C=O) groups excluding carboxylic acids is 3. The van der Waals surface area contributed by atoms with Crippen molar-refractivity contribution in [2.75, 3.05) is 26.8 Å². The summed E-state index contributed by atoms with van der Waals surface area (Å²) in [7, 11) is 2.00. The molecular formula is C73H100N4O8. The molecule has 12 heteroatoms. The molecule has 3 aliphatic heterocycles. The van der Waals surface area contributed by atoms with E-state index in [1.165, 1.54) is 23.2 Å². The molecule has 14 rings (SSSR count). The third-order valence-electron chi connectivity index (χ3n) is 27.3. The molecule has 4 aromatic rings. The minimum absolute atomic E-state index is 0.00173. The molecule has 16 atom stereocenters. The van der Waals surface area contributed by atoms with E-state index in [2.05, 4.69) is 104 Å². The van der Waals surface area contributed by atoms with Gasteiger partial charge < -0.3 is 49.4 Å². The number of aromatic amines is 2. The number of carbonyl (C=O) groups is 3. The van der Waals surface area contributed by atoms with Gasteiger partial charge in [-0.1, -0.05) is 98.3 Å². The maximum Gasteiger partial charge on any atom is 0.163 e. The third-order valence-corrected chi connectivity index (χ3v) is 27.3. The standard InChI is InChI=1S/C73H100N4O8/c1-10-11-13-18-52-62(81)57-55-50(61(80)63-69(6,70(52,55)7)24-21-54-68(5,26-30-74-9)64(82)56-48-22-29-75-58(48)43-20-25-72(56,36-43)71(54,63)8)40-77-39-49(59-60(77)44(38-76-59)19-23-67(57,4)37-53(79)65-66(2,3)85-65)51(41-78)46-33-45(42-16-14-12-15-17-42)34-47(35-46)73(83)27-31-84-32-28-73/h22,29,33-35,38-39,41-43,50-54,56,61,63,65,74-76,79-80,83H,10-21,23-28,30-32,36-37,40H2,1-9H3. The first-order valence-electron chi connectivity index (χ1n) is 33.9. The Hall–Kier alpha value is -4.17. The third kappa shape index (κ3) is 8.13. The van der Waals surface area contributed by atoms with Gasteiger partial charge in [-0.05, 0) is 189 Å². The van der Waals surface area contributed by atoms with Gasteiger partial charge in [-0.3, -0.25) is 9.59 Å². The fraction of sp³-hybridized carbons (Fsp3) is 0.712. The Labute approximate surface area is 505 Å². The normalized spacial score (nSPS) is 39.6. The fourth-order valence-corrected chi connectivity index (χ4v) is 22.9. The molecule has 460 valence electrons. The van der Waals surface area contributed by atoms with Gasteiger partial charge in [0, 0.05) is 90.7 Å². The number of nitrogens with zero attached hydrogens (tertiary/aromatic N) is 1. The average molecular weight is 1160 g/mol. The smallest absolute Gasteiger partial charge is 0.163 e. The van der Waals surface area contributed by atoms with Gasteiger partial charge in [0.15, 0.2) is 5.78 Å². The number of ketones is 2. The van der Waals surface area contributed by atoms with Crippen molar-refractivity contribution in [1.82, 2.24) is 19.9 Å². The molecule has 6 N–H and O–H groups in total. The number of fused-ring (bicyclic) bond motifs is 8. The Kier molecular flexibility index (Phi) is 14.1. The fourth-order valence-electron chi connectivity index (χ4n) is 22.9. The zero-order chi connectivity index (χ0) is 59.6. The van der Waals surface area contributed by atoms with E-state index in [4.69, 9.17) is 9.47 Å². The van der Waals surface area contributed by atoms with E-state index in [-0.39, 0.29) is 35.6 Å². The number of aldehydes is 1. The van der Waals surface area contributed by atoms with Crippen LogP contribution < -0.4 is 5.32 Å². The van der Waals surface area contributed by atoms with Crippen LogP contribution in [0.4, 0.5) is 0 Å². The Morgan fingerprint density at radius 2 is 1.68 bits per heavy atom. The van der Waals surface area contributed by atoms with Crippen molar-refractivity contribution in [2.45, 2.75) is 244 Å². The summed E-state index contributed by atoms with van der Waals surface area (Å²) in [5.41, 5.74) is 6.07. The summed E-state index contributed by atoms with van der Waals surface area (Å²) in [5, 5.41) is 43.4. The van der Waals surface area contributed by atoms with Crippen LogP contribution in [0, 0.1) is 56.2 Å². The minimum Gasteiger partial charge on any atom is -0.392 e. The number of benzene rings is 1. The highest BCUT2D eigenvalue weighted by Crippen LogP contribution is 2.84. The number of hydrogen-bond acceptors (Lipinski definition) is 9. The lowest BCUT2D eigenvalue weighted by Crippen LogP contribution is -2.74. The van der Waals surface area contributed by atoms with Crippen molar-refractivity contribution in [1.29, 1.82) is 0 Å². The van der Waals surface area contributed by atoms with Crippen LogP contribution in [0.1, 0.15) is 240 Å². The quantitative estimate of drug-likeness (QED) is 0.0383. The van der Waals surface area contributed by atoms with Crippen LogP contribution >= 0.6 is 0 Å². The summed E-state index contributed by atoms with van der Waals surface area (Å²) in [6, 6.07) is 8.83. The molecular weight excluding hydrogens is 1060 g/mol. The van der Waals surface area contributed by atoms with Gasteiger partial charge in [-0.15, -0.1) is 0 Å². The summed E-state index contributed by atoms with van der Waals surface area (Å²) in [4.78, 5) is 54.8. The van der Waals surface area contributed by atoms with E-state index in [0.29, 0.717) is 82.4 Å². The second-order valence-corrected chi connectivity index (χ2v) is 31.5. The zero-order valence-electron chi connectivity index (χ0n) is 52.8. The van der Waals surface area contributed by atoms with Gasteiger partial charge in [-0.2, -0.15) is 0 Å². The topological polar surface area (TPSA) is 182 Å². The van der Waals surface area contributed by atoms with Crippen LogP contribution in [0.5, 0.6) is 0 Å². The summed E-state index contributed by atoms with van der Waals surface area (Å²) in [5.74, 6) is -0.850. The predicted molar refractivity (Wildman–Crippen MR) is 330 cm³/mol. The number of H-pyrrole nitrogens is 2. The number of aliphatic hydroxyl groups is 3. The Balaban J connectivity index is 0.990. The lowest BCUT2D eigenvalue weighted by atomic mass is 9.27. The second-order valence-electron chi connectivity index (χ2n) is 31.5. The Morgan fingerprint density at radius 3 is 2.40 bits per heavy atom. The molecule has 1 aromatic carbocycles. The van der Waals surface area contributed by atoms with Crippen molar-refractivity contribution < 1.29 is 39.2 Å². The number of epoxide rings is 1. The van der Waals surface area contributed by atoms with E-state index in [1.54, 1.807) is 0 Å². The van der Waals surface area contributed by atoms with Gasteiger partial charge in [0.05, 0.1) is 46.3 Å². The van der Waals surface area contributed by atoms with Crippen molar-refractivity contribution in [3.63, 3.8) is 0 Å². The van der Waals surface area contributed by atoms with Crippen LogP contribution in [-0.4, -0.2) is 98.4 Å². The second kappa shape index (κ2) is 20.4. The van der Waals surface area contributed by atoms with Crippen LogP contribution in [-0.2, 0) is 42.4 Å². The van der Waals surface area contributed by atoms with Gasteiger partial charge >= 0.3 is 0 Å². The largest absolute Gasteiger partial charge is 0.392 e. The number of ether oxygens (including phenoxy) is 2. The number of hydrogen-bond donors (Lipinski definition) is 6. The average Bonchev–Trinajstić information content (AvgIpc) is 1.64. The van der Waals surface area contributed by atoms with E-state index < -0.39 is 67.7 Å². The highest BCUT2D eigenvalue weighted by atomic mass is 16.6. The molecule has 12 nitrogen and oxygen atoms in total. The maximum atomic E-state index is 16.9. The van der Waals surface area contributed by atoms with E-state index >= 15 is 9.59 Å². The van der Waals surface area contributed by atoms with Gasteiger partial charge in [0.2, 0.25) is 0 Å². The number of aryl methyl sites for hydroxylation is 1. The molecule has 6 heterocycles. The number of unbranched alkanes of at least 4 members (excludes halogenated alkanes) is 2. The molecule has 3 aromatic heterocycles. The number of aromatic nitrogens is 3. The first-order chi connectivity index (χ1) is 40.6. The van der Waals surface area contributed by atoms with Gasteiger partial charge in [-0.25, -0.2) is 0 Å². The SMILES string of the molecule is CCCCCC1C(=O)C2=C3C(Cn4cc(C(C=O)c5cc(C6CCCCC6)cc(C6(O)CCOCC6)c5)c5[nH]cc(c54)CCC2(C)CC(O)C2OC2(C)C)C(O)C2C(C)(CCC4C(C)(CCNC)C(=O)C5c6cc[nH]c6C6CCC5(C6)C42C)C31C.